The third kappa shape index (κ3) is 2.39. The highest BCUT2D eigenvalue weighted by Crippen LogP contribution is 2.40. The number of nitrogens with zero attached hydrogens (tertiary/aromatic N) is 3. The van der Waals surface area contributed by atoms with Crippen molar-refractivity contribution in [3.63, 3.8) is 0 Å². The molecule has 0 amide bonds. The number of hydrazine groups is 1. The second kappa shape index (κ2) is 5.73. The lowest BCUT2D eigenvalue weighted by atomic mass is 9.74. The van der Waals surface area contributed by atoms with Crippen molar-refractivity contribution in [2.45, 2.75) is 43.7 Å². The van der Waals surface area contributed by atoms with Gasteiger partial charge in [-0.2, -0.15) is 0 Å². The van der Waals surface area contributed by atoms with Gasteiger partial charge in [-0.05, 0) is 26.9 Å². The van der Waals surface area contributed by atoms with Gasteiger partial charge >= 0.3 is 0 Å². The van der Waals surface area contributed by atoms with Crippen molar-refractivity contribution in [1.29, 1.82) is 0 Å². The van der Waals surface area contributed by atoms with E-state index in [0.29, 0.717) is 0 Å². The lowest BCUT2D eigenvalue weighted by Gasteiger charge is -2.47. The molecule has 0 spiro atoms. The zero-order valence-corrected chi connectivity index (χ0v) is 11.3. The number of likely N-dealkylation sites (N-methyl/N-ethyl adjacent to an activating group) is 1. The van der Waals surface area contributed by atoms with Crippen molar-refractivity contribution in [2.24, 2.45) is 5.84 Å². The number of rotatable bonds is 4. The molecule has 1 aliphatic rings. The van der Waals surface area contributed by atoms with Crippen molar-refractivity contribution in [3.05, 3.63) is 24.3 Å². The van der Waals surface area contributed by atoms with E-state index in [0.717, 1.165) is 18.5 Å². The van der Waals surface area contributed by atoms with Crippen molar-refractivity contribution >= 4 is 0 Å². The van der Waals surface area contributed by atoms with E-state index in [1.54, 1.807) is 12.4 Å². The molecule has 1 aromatic heterocycles. The van der Waals surface area contributed by atoms with Crippen LogP contribution in [0.5, 0.6) is 0 Å². The summed E-state index contributed by atoms with van der Waals surface area (Å²) in [6, 6.07) is 0.0292. The predicted octanol–water partition coefficient (Wildman–Crippen LogP) is 1.25. The molecular formula is C13H23N5. The average Bonchev–Trinajstić information content (AvgIpc) is 2.41. The number of hydrogen-bond donors (Lipinski definition) is 2. The fraction of sp³-hybridized carbons (Fsp3) is 0.692. The van der Waals surface area contributed by atoms with Crippen LogP contribution in [0.25, 0.3) is 0 Å². The van der Waals surface area contributed by atoms with Gasteiger partial charge in [0.05, 0.1) is 17.9 Å². The number of hydrogen-bond acceptors (Lipinski definition) is 5. The molecule has 3 N–H and O–H groups in total. The number of nitrogens with one attached hydrogen (secondary N) is 1. The molecule has 1 unspecified atom stereocenters. The minimum absolute atomic E-state index is 0.0292. The minimum atomic E-state index is 0.0292. The molecule has 1 saturated carbocycles. The third-order valence-electron chi connectivity index (χ3n) is 4.19. The number of aromatic nitrogens is 2. The normalized spacial score (nSPS) is 20.9. The Labute approximate surface area is 109 Å². The zero-order chi connectivity index (χ0) is 13.0. The van der Waals surface area contributed by atoms with E-state index >= 15 is 0 Å². The first-order chi connectivity index (χ1) is 8.70. The number of nitrogens with two attached hydrogens (primary N) is 1. The highest BCUT2D eigenvalue weighted by molar-refractivity contribution is 5.13. The van der Waals surface area contributed by atoms with Gasteiger partial charge in [-0.3, -0.25) is 15.8 Å². The Morgan fingerprint density at radius 3 is 2.50 bits per heavy atom. The van der Waals surface area contributed by atoms with E-state index in [9.17, 15) is 0 Å². The van der Waals surface area contributed by atoms with Gasteiger partial charge in [-0.1, -0.05) is 19.3 Å². The second-order valence-corrected chi connectivity index (χ2v) is 5.29. The van der Waals surface area contributed by atoms with Gasteiger partial charge in [0.1, 0.15) is 0 Å². The molecule has 1 atom stereocenters. The summed E-state index contributed by atoms with van der Waals surface area (Å²) in [4.78, 5) is 10.9. The van der Waals surface area contributed by atoms with Crippen LogP contribution in [0.15, 0.2) is 18.6 Å². The first kappa shape index (κ1) is 13.4. The molecule has 1 fully saturated rings. The Balaban J connectivity index is 2.33. The van der Waals surface area contributed by atoms with E-state index in [4.69, 9.17) is 5.84 Å². The monoisotopic (exact) mass is 249 g/mol. The largest absolute Gasteiger partial charge is 0.302 e. The maximum Gasteiger partial charge on any atom is 0.0830 e. The molecule has 0 aromatic carbocycles. The van der Waals surface area contributed by atoms with Crippen molar-refractivity contribution in [3.8, 4) is 0 Å². The molecule has 0 bridgehead atoms. The lowest BCUT2D eigenvalue weighted by molar-refractivity contribution is 0.0547. The molecule has 1 aromatic rings. The van der Waals surface area contributed by atoms with Crippen LogP contribution in [-0.2, 0) is 0 Å². The summed E-state index contributed by atoms with van der Waals surface area (Å²) in [7, 11) is 4.26. The topological polar surface area (TPSA) is 67.1 Å². The first-order valence-electron chi connectivity index (χ1n) is 6.60. The van der Waals surface area contributed by atoms with Crippen LogP contribution in [0.1, 0.15) is 43.8 Å². The Morgan fingerprint density at radius 2 is 2.00 bits per heavy atom. The third-order valence-corrected chi connectivity index (χ3v) is 4.19. The fourth-order valence-corrected chi connectivity index (χ4v) is 3.13. The van der Waals surface area contributed by atoms with Gasteiger partial charge in [0.25, 0.3) is 0 Å². The molecule has 0 radical (unpaired) electrons. The Morgan fingerprint density at radius 1 is 1.28 bits per heavy atom. The zero-order valence-electron chi connectivity index (χ0n) is 11.3. The summed E-state index contributed by atoms with van der Waals surface area (Å²) in [5, 5.41) is 0. The van der Waals surface area contributed by atoms with E-state index in [1.807, 2.05) is 6.20 Å². The van der Waals surface area contributed by atoms with Gasteiger partial charge in [0, 0.05) is 17.9 Å². The summed E-state index contributed by atoms with van der Waals surface area (Å²) in [5.41, 5.74) is 3.94. The van der Waals surface area contributed by atoms with Gasteiger partial charge in [-0.25, -0.2) is 5.43 Å². The van der Waals surface area contributed by atoms with Crippen molar-refractivity contribution in [2.75, 3.05) is 14.1 Å². The smallest absolute Gasteiger partial charge is 0.0830 e. The quantitative estimate of drug-likeness (QED) is 0.621. The van der Waals surface area contributed by atoms with E-state index in [-0.39, 0.29) is 11.6 Å². The fourth-order valence-electron chi connectivity index (χ4n) is 3.13. The Hall–Kier alpha value is -1.04. The minimum Gasteiger partial charge on any atom is -0.302 e. The van der Waals surface area contributed by atoms with Crippen LogP contribution in [0.3, 0.4) is 0 Å². The Kier molecular flexibility index (Phi) is 4.27. The molecule has 18 heavy (non-hydrogen) atoms. The highest BCUT2D eigenvalue weighted by atomic mass is 15.3. The van der Waals surface area contributed by atoms with Gasteiger partial charge in [0.15, 0.2) is 0 Å². The predicted molar refractivity (Wildman–Crippen MR) is 71.6 cm³/mol. The molecule has 100 valence electrons. The molecular weight excluding hydrogens is 226 g/mol. The second-order valence-electron chi connectivity index (χ2n) is 5.29. The molecule has 1 heterocycles. The van der Waals surface area contributed by atoms with Gasteiger partial charge in [-0.15, -0.1) is 0 Å². The van der Waals surface area contributed by atoms with Crippen LogP contribution < -0.4 is 11.3 Å². The highest BCUT2D eigenvalue weighted by Gasteiger charge is 2.42. The van der Waals surface area contributed by atoms with Crippen LogP contribution in [0.4, 0.5) is 0 Å². The van der Waals surface area contributed by atoms with E-state index in [1.165, 1.54) is 19.3 Å². The van der Waals surface area contributed by atoms with Crippen molar-refractivity contribution < 1.29 is 0 Å². The van der Waals surface area contributed by atoms with E-state index in [2.05, 4.69) is 34.4 Å². The maximum atomic E-state index is 5.81. The van der Waals surface area contributed by atoms with Crippen LogP contribution in [-0.4, -0.2) is 34.5 Å². The summed E-state index contributed by atoms with van der Waals surface area (Å²) in [5.74, 6) is 5.81. The SMILES string of the molecule is CN(C)C1(C(NN)c2cnccn2)CCCCC1. The van der Waals surface area contributed by atoms with E-state index < -0.39 is 0 Å². The molecule has 1 aliphatic carbocycles. The van der Waals surface area contributed by atoms with Crippen LogP contribution >= 0.6 is 0 Å². The molecule has 0 saturated heterocycles. The van der Waals surface area contributed by atoms with Gasteiger partial charge in [0.2, 0.25) is 0 Å². The molecule has 5 heteroatoms. The standard InChI is InChI=1S/C13H23N5/c1-18(2)13(6-4-3-5-7-13)12(17-14)11-10-15-8-9-16-11/h8-10,12,17H,3-7,14H2,1-2H3. The lowest BCUT2D eigenvalue weighted by Crippen LogP contribution is -2.56. The van der Waals surface area contributed by atoms with Crippen LogP contribution in [0, 0.1) is 0 Å². The molecule has 2 rings (SSSR count). The summed E-state index contributed by atoms with van der Waals surface area (Å²) < 4.78 is 0. The van der Waals surface area contributed by atoms with Gasteiger partial charge < -0.3 is 4.90 Å². The van der Waals surface area contributed by atoms with Crippen LogP contribution in [0.2, 0.25) is 0 Å². The first-order valence-corrected chi connectivity index (χ1v) is 6.60. The summed E-state index contributed by atoms with van der Waals surface area (Å²) in [6.07, 6.45) is 11.3. The van der Waals surface area contributed by atoms with Crippen molar-refractivity contribution in [1.82, 2.24) is 20.3 Å². The average molecular weight is 249 g/mol. The Bertz CT molecular complexity index is 359. The summed E-state index contributed by atoms with van der Waals surface area (Å²) >= 11 is 0. The molecule has 5 nitrogen and oxygen atoms in total. The maximum absolute atomic E-state index is 5.81. The molecule has 0 aliphatic heterocycles. The summed E-state index contributed by atoms with van der Waals surface area (Å²) in [6.45, 7) is 0.